The molecule has 0 atom stereocenters. The average molecular weight is 356 g/mol. The monoisotopic (exact) mass is 356 g/mol. The van der Waals surface area contributed by atoms with Crippen LogP contribution in [0.5, 0.6) is 5.75 Å². The summed E-state index contributed by atoms with van der Waals surface area (Å²) in [5, 5.41) is 0. The normalized spacial score (nSPS) is 16.6. The lowest BCUT2D eigenvalue weighted by Gasteiger charge is -2.27. The number of hydrogen-bond donors (Lipinski definition) is 0. The van der Waals surface area contributed by atoms with Crippen LogP contribution < -0.4 is 9.64 Å². The molecule has 6 nitrogen and oxygen atoms in total. The van der Waals surface area contributed by atoms with E-state index in [1.165, 1.54) is 6.07 Å². The summed E-state index contributed by atoms with van der Waals surface area (Å²) in [5.74, 6) is 0.747. The number of rotatable bonds is 4. The van der Waals surface area contributed by atoms with Gasteiger partial charge in [-0.3, -0.25) is 4.99 Å². The standard InChI is InChI=1S/C19H21FN4O2/c1-12(2)26-17-8-14-13(7-15(17)20)10-21-19(14)16-9-18(23-11-22-16)24-3-5-25-6-4-24/h7-9,11-12H,3-6,10H2,1-2H3. The molecule has 0 amide bonds. The maximum atomic E-state index is 14.2. The molecule has 0 N–H and O–H groups in total. The third kappa shape index (κ3) is 3.26. The average Bonchev–Trinajstić information content (AvgIpc) is 3.05. The van der Waals surface area contributed by atoms with Gasteiger partial charge in [0.15, 0.2) is 11.6 Å². The largest absolute Gasteiger partial charge is 0.488 e. The Morgan fingerprint density at radius 3 is 2.73 bits per heavy atom. The lowest BCUT2D eigenvalue weighted by Crippen LogP contribution is -2.36. The first-order valence-corrected chi connectivity index (χ1v) is 8.81. The van der Waals surface area contributed by atoms with Crippen molar-refractivity contribution >= 4 is 11.5 Å². The van der Waals surface area contributed by atoms with E-state index in [2.05, 4.69) is 19.9 Å². The Bertz CT molecular complexity index is 847. The predicted octanol–water partition coefficient (Wildman–Crippen LogP) is 2.59. The second kappa shape index (κ2) is 6.99. The van der Waals surface area contributed by atoms with Crippen LogP contribution in [0.1, 0.15) is 30.7 Å². The van der Waals surface area contributed by atoms with Crippen molar-refractivity contribution in [2.24, 2.45) is 4.99 Å². The molecule has 4 rings (SSSR count). The Labute approximate surface area is 151 Å². The number of fused-ring (bicyclic) bond motifs is 1. The van der Waals surface area contributed by atoms with Crippen LogP contribution in [0.2, 0.25) is 0 Å². The minimum absolute atomic E-state index is 0.101. The third-order valence-electron chi connectivity index (χ3n) is 4.41. The summed E-state index contributed by atoms with van der Waals surface area (Å²) in [7, 11) is 0. The number of morpholine rings is 1. The number of nitrogens with zero attached hydrogens (tertiary/aromatic N) is 4. The number of halogens is 1. The number of hydrogen-bond acceptors (Lipinski definition) is 6. The van der Waals surface area contributed by atoms with Gasteiger partial charge in [-0.1, -0.05) is 0 Å². The molecule has 0 spiro atoms. The third-order valence-corrected chi connectivity index (χ3v) is 4.41. The van der Waals surface area contributed by atoms with Crippen molar-refractivity contribution in [1.29, 1.82) is 0 Å². The lowest BCUT2D eigenvalue weighted by atomic mass is 10.0. The molecule has 1 aromatic carbocycles. The molecule has 2 aliphatic rings. The van der Waals surface area contributed by atoms with E-state index in [0.717, 1.165) is 41.4 Å². The maximum absolute atomic E-state index is 14.2. The number of benzene rings is 1. The second-order valence-electron chi connectivity index (χ2n) is 6.63. The summed E-state index contributed by atoms with van der Waals surface area (Å²) in [6.45, 7) is 7.19. The Balaban J connectivity index is 1.66. The van der Waals surface area contributed by atoms with Crippen LogP contribution in [0, 0.1) is 5.82 Å². The Hall–Kier alpha value is -2.54. The quantitative estimate of drug-likeness (QED) is 0.843. The molecule has 0 saturated carbocycles. The van der Waals surface area contributed by atoms with Gasteiger partial charge in [-0.2, -0.15) is 0 Å². The Morgan fingerprint density at radius 2 is 1.96 bits per heavy atom. The van der Waals surface area contributed by atoms with Crippen LogP contribution in [0.15, 0.2) is 29.5 Å². The van der Waals surface area contributed by atoms with Gasteiger partial charge in [0.05, 0.1) is 37.3 Å². The number of aromatic nitrogens is 2. The number of aliphatic imine (C=N–C) groups is 1. The van der Waals surface area contributed by atoms with E-state index in [9.17, 15) is 4.39 Å². The molecule has 3 heterocycles. The zero-order chi connectivity index (χ0) is 18.1. The van der Waals surface area contributed by atoms with Crippen LogP contribution >= 0.6 is 0 Å². The van der Waals surface area contributed by atoms with Crippen molar-refractivity contribution < 1.29 is 13.9 Å². The molecule has 1 aromatic heterocycles. The summed E-state index contributed by atoms with van der Waals surface area (Å²) in [5.41, 5.74) is 3.21. The fourth-order valence-corrected chi connectivity index (χ4v) is 3.20. The molecule has 7 heteroatoms. The molecule has 1 fully saturated rings. The zero-order valence-corrected chi connectivity index (χ0v) is 14.9. The highest BCUT2D eigenvalue weighted by molar-refractivity contribution is 6.14. The Morgan fingerprint density at radius 1 is 1.15 bits per heavy atom. The summed E-state index contributed by atoms with van der Waals surface area (Å²) in [6, 6.07) is 5.17. The summed E-state index contributed by atoms with van der Waals surface area (Å²) >= 11 is 0. The first-order chi connectivity index (χ1) is 12.6. The van der Waals surface area contributed by atoms with Gasteiger partial charge in [0.1, 0.15) is 12.1 Å². The van der Waals surface area contributed by atoms with Gasteiger partial charge in [-0.15, -0.1) is 0 Å². The minimum atomic E-state index is -0.356. The van der Waals surface area contributed by atoms with Gasteiger partial charge in [0.25, 0.3) is 0 Å². The number of ether oxygens (including phenoxy) is 2. The SMILES string of the molecule is CC(C)Oc1cc2c(cc1F)CN=C2c1cc(N2CCOCC2)ncn1. The molecule has 0 unspecified atom stereocenters. The van der Waals surface area contributed by atoms with E-state index in [0.29, 0.717) is 19.8 Å². The Kier molecular flexibility index (Phi) is 4.55. The van der Waals surface area contributed by atoms with E-state index < -0.39 is 0 Å². The zero-order valence-electron chi connectivity index (χ0n) is 14.9. The smallest absolute Gasteiger partial charge is 0.165 e. The summed E-state index contributed by atoms with van der Waals surface area (Å²) in [4.78, 5) is 15.5. The van der Waals surface area contributed by atoms with Crippen LogP contribution in [-0.4, -0.2) is 48.1 Å². The van der Waals surface area contributed by atoms with E-state index in [1.54, 1.807) is 12.4 Å². The van der Waals surface area contributed by atoms with Gasteiger partial charge in [-0.05, 0) is 31.5 Å². The van der Waals surface area contributed by atoms with Crippen molar-refractivity contribution in [1.82, 2.24) is 9.97 Å². The first-order valence-electron chi connectivity index (χ1n) is 8.81. The minimum Gasteiger partial charge on any atom is -0.488 e. The van der Waals surface area contributed by atoms with Crippen molar-refractivity contribution in [3.8, 4) is 5.75 Å². The fraction of sp³-hybridized carbons (Fsp3) is 0.421. The van der Waals surface area contributed by atoms with E-state index in [4.69, 9.17) is 9.47 Å². The molecule has 136 valence electrons. The fourth-order valence-electron chi connectivity index (χ4n) is 3.20. The summed E-state index contributed by atoms with van der Waals surface area (Å²) < 4.78 is 25.2. The van der Waals surface area contributed by atoms with Gasteiger partial charge in [-0.25, -0.2) is 14.4 Å². The van der Waals surface area contributed by atoms with Crippen molar-refractivity contribution in [3.63, 3.8) is 0 Å². The molecule has 0 radical (unpaired) electrons. The lowest BCUT2D eigenvalue weighted by molar-refractivity contribution is 0.122. The molecule has 0 aliphatic carbocycles. The van der Waals surface area contributed by atoms with Crippen LogP contribution in [0.3, 0.4) is 0 Å². The second-order valence-corrected chi connectivity index (χ2v) is 6.63. The van der Waals surface area contributed by atoms with Crippen molar-refractivity contribution in [3.05, 3.63) is 47.2 Å². The molecule has 0 bridgehead atoms. The van der Waals surface area contributed by atoms with Gasteiger partial charge in [0, 0.05) is 24.7 Å². The first kappa shape index (κ1) is 16.9. The predicted molar refractivity (Wildman–Crippen MR) is 96.6 cm³/mol. The van der Waals surface area contributed by atoms with Crippen LogP contribution in [0.4, 0.5) is 10.2 Å². The topological polar surface area (TPSA) is 59.8 Å². The van der Waals surface area contributed by atoms with E-state index >= 15 is 0 Å². The van der Waals surface area contributed by atoms with E-state index in [-0.39, 0.29) is 17.7 Å². The molecular weight excluding hydrogens is 335 g/mol. The van der Waals surface area contributed by atoms with Gasteiger partial charge >= 0.3 is 0 Å². The summed E-state index contributed by atoms with van der Waals surface area (Å²) in [6.07, 6.45) is 1.45. The van der Waals surface area contributed by atoms with E-state index in [1.807, 2.05) is 19.9 Å². The van der Waals surface area contributed by atoms with Crippen molar-refractivity contribution in [2.45, 2.75) is 26.5 Å². The molecule has 2 aliphatic heterocycles. The molecular formula is C19H21FN4O2. The van der Waals surface area contributed by atoms with Gasteiger partial charge in [0.2, 0.25) is 0 Å². The number of anilines is 1. The van der Waals surface area contributed by atoms with Crippen LogP contribution in [0.25, 0.3) is 0 Å². The molecule has 26 heavy (non-hydrogen) atoms. The maximum Gasteiger partial charge on any atom is 0.165 e. The highest BCUT2D eigenvalue weighted by atomic mass is 19.1. The van der Waals surface area contributed by atoms with Crippen LogP contribution in [-0.2, 0) is 11.3 Å². The highest BCUT2D eigenvalue weighted by Crippen LogP contribution is 2.30. The highest BCUT2D eigenvalue weighted by Gasteiger charge is 2.23. The van der Waals surface area contributed by atoms with Gasteiger partial charge < -0.3 is 14.4 Å². The molecule has 1 saturated heterocycles. The van der Waals surface area contributed by atoms with Crippen molar-refractivity contribution in [2.75, 3.05) is 31.2 Å². The molecule has 2 aromatic rings.